The highest BCUT2D eigenvalue weighted by atomic mass is 32.1. The van der Waals surface area contributed by atoms with Crippen molar-refractivity contribution in [3.63, 3.8) is 0 Å². The van der Waals surface area contributed by atoms with Crippen LogP contribution in [0.15, 0.2) is 0 Å². The molecule has 0 radical (unpaired) electrons. The van der Waals surface area contributed by atoms with E-state index in [0.717, 1.165) is 55.4 Å². The molecule has 1 aliphatic carbocycles. The van der Waals surface area contributed by atoms with Gasteiger partial charge in [0.25, 0.3) is 5.91 Å². The van der Waals surface area contributed by atoms with Gasteiger partial charge in [0.1, 0.15) is 11.5 Å². The van der Waals surface area contributed by atoms with Gasteiger partial charge in [-0.25, -0.2) is 4.79 Å². The minimum absolute atomic E-state index is 0.0589. The van der Waals surface area contributed by atoms with E-state index in [1.807, 2.05) is 0 Å². The molecule has 2 amide bonds. The van der Waals surface area contributed by atoms with Crippen LogP contribution in [0, 0.1) is 0 Å². The zero-order valence-electron chi connectivity index (χ0n) is 18.2. The van der Waals surface area contributed by atoms with E-state index in [2.05, 4.69) is 5.32 Å². The summed E-state index contributed by atoms with van der Waals surface area (Å²) >= 11 is 1.38. The predicted octanol–water partition coefficient (Wildman–Crippen LogP) is 3.08. The van der Waals surface area contributed by atoms with Crippen molar-refractivity contribution in [3.05, 3.63) is 16.0 Å². The fourth-order valence-electron chi connectivity index (χ4n) is 3.86. The number of rotatable bonds is 7. The molecule has 0 saturated carbocycles. The third-order valence-electron chi connectivity index (χ3n) is 5.33. The van der Waals surface area contributed by atoms with Crippen molar-refractivity contribution in [2.24, 2.45) is 0 Å². The highest BCUT2D eigenvalue weighted by Gasteiger charge is 2.28. The van der Waals surface area contributed by atoms with E-state index in [1.165, 1.54) is 16.2 Å². The van der Waals surface area contributed by atoms with Crippen LogP contribution in [-0.2, 0) is 36.7 Å². The van der Waals surface area contributed by atoms with E-state index < -0.39 is 24.5 Å². The van der Waals surface area contributed by atoms with Crippen molar-refractivity contribution in [3.8, 4) is 0 Å². The SMILES string of the molecule is CC(C)OC(=O)c1c(NC(=O)COC(=O)CN2CCCCCC2=O)sc2c1CCCC2. The average Bonchev–Trinajstić information content (AvgIpc) is 2.95. The number of nitrogens with one attached hydrogen (secondary N) is 1. The summed E-state index contributed by atoms with van der Waals surface area (Å²) in [6.07, 6.45) is 6.52. The number of hydrogen-bond donors (Lipinski definition) is 1. The number of carbonyl (C=O) groups is 4. The first-order chi connectivity index (χ1) is 14.8. The lowest BCUT2D eigenvalue weighted by molar-refractivity contribution is -0.151. The Morgan fingerprint density at radius 1 is 1.06 bits per heavy atom. The Kier molecular flexibility index (Phi) is 8.06. The quantitative estimate of drug-likeness (QED) is 0.641. The fourth-order valence-corrected chi connectivity index (χ4v) is 5.15. The van der Waals surface area contributed by atoms with E-state index >= 15 is 0 Å². The van der Waals surface area contributed by atoms with Gasteiger partial charge < -0.3 is 19.7 Å². The van der Waals surface area contributed by atoms with Crippen molar-refractivity contribution in [2.75, 3.05) is 25.0 Å². The molecule has 1 N–H and O–H groups in total. The predicted molar refractivity (Wildman–Crippen MR) is 116 cm³/mol. The first-order valence-electron chi connectivity index (χ1n) is 10.9. The molecule has 9 heteroatoms. The van der Waals surface area contributed by atoms with Crippen LogP contribution in [0.3, 0.4) is 0 Å². The van der Waals surface area contributed by atoms with Crippen LogP contribution in [0.4, 0.5) is 5.00 Å². The summed E-state index contributed by atoms with van der Waals surface area (Å²) in [6.45, 7) is 3.47. The number of thiophene rings is 1. The van der Waals surface area contributed by atoms with Crippen LogP contribution >= 0.6 is 11.3 Å². The van der Waals surface area contributed by atoms with Gasteiger partial charge in [0.2, 0.25) is 5.91 Å². The third-order valence-corrected chi connectivity index (χ3v) is 6.53. The van der Waals surface area contributed by atoms with E-state index in [-0.39, 0.29) is 18.6 Å². The van der Waals surface area contributed by atoms with Gasteiger partial charge in [0.05, 0.1) is 11.7 Å². The molecule has 1 aromatic rings. The van der Waals surface area contributed by atoms with Gasteiger partial charge in [-0.15, -0.1) is 11.3 Å². The number of aryl methyl sites for hydroxylation is 1. The van der Waals surface area contributed by atoms with Crippen LogP contribution < -0.4 is 5.32 Å². The highest BCUT2D eigenvalue weighted by Crippen LogP contribution is 2.38. The molecule has 170 valence electrons. The van der Waals surface area contributed by atoms with Gasteiger partial charge >= 0.3 is 11.9 Å². The number of esters is 2. The second-order valence-electron chi connectivity index (χ2n) is 8.20. The maximum atomic E-state index is 12.6. The molecule has 8 nitrogen and oxygen atoms in total. The third kappa shape index (κ3) is 6.29. The Morgan fingerprint density at radius 2 is 1.81 bits per heavy atom. The number of ether oxygens (including phenoxy) is 2. The van der Waals surface area contributed by atoms with Crippen LogP contribution in [0.25, 0.3) is 0 Å². The van der Waals surface area contributed by atoms with Gasteiger partial charge in [0, 0.05) is 17.8 Å². The zero-order chi connectivity index (χ0) is 22.4. The normalized spacial score (nSPS) is 16.5. The summed E-state index contributed by atoms with van der Waals surface area (Å²) in [6, 6.07) is 0. The van der Waals surface area contributed by atoms with Gasteiger partial charge in [-0.05, 0) is 57.9 Å². The van der Waals surface area contributed by atoms with Crippen LogP contribution in [0.1, 0.15) is 73.2 Å². The van der Waals surface area contributed by atoms with Crippen molar-refractivity contribution in [1.82, 2.24) is 4.90 Å². The van der Waals surface area contributed by atoms with Gasteiger partial charge in [0.15, 0.2) is 6.61 Å². The number of nitrogens with zero attached hydrogens (tertiary/aromatic N) is 1. The molecule has 0 unspecified atom stereocenters. The molecule has 0 spiro atoms. The first kappa shape index (κ1) is 23.2. The number of hydrogen-bond acceptors (Lipinski definition) is 7. The Labute approximate surface area is 186 Å². The van der Waals surface area contributed by atoms with Crippen molar-refractivity contribution in [2.45, 2.75) is 71.3 Å². The lowest BCUT2D eigenvalue weighted by Gasteiger charge is -2.19. The average molecular weight is 451 g/mol. The summed E-state index contributed by atoms with van der Waals surface area (Å²) in [4.78, 5) is 51.8. The second kappa shape index (κ2) is 10.7. The Morgan fingerprint density at radius 3 is 2.58 bits per heavy atom. The standard InChI is InChI=1S/C22H30N2O6S/c1-14(2)30-22(28)20-15-8-5-6-9-16(15)31-21(20)23-17(25)13-29-19(27)12-24-11-7-3-4-10-18(24)26/h14H,3-13H2,1-2H3,(H,23,25). The number of fused-ring (bicyclic) bond motifs is 1. The number of amides is 2. The van der Waals surface area contributed by atoms with E-state index in [9.17, 15) is 19.2 Å². The van der Waals surface area contributed by atoms with E-state index in [0.29, 0.717) is 23.5 Å². The lowest BCUT2D eigenvalue weighted by Crippen LogP contribution is -2.36. The minimum Gasteiger partial charge on any atom is -0.459 e. The largest absolute Gasteiger partial charge is 0.459 e. The molecule has 0 atom stereocenters. The monoisotopic (exact) mass is 450 g/mol. The molecule has 1 aliphatic heterocycles. The molecule has 1 aromatic heterocycles. The first-order valence-corrected chi connectivity index (χ1v) is 11.8. The number of carbonyl (C=O) groups excluding carboxylic acids is 4. The summed E-state index contributed by atoms with van der Waals surface area (Å²) < 4.78 is 10.5. The highest BCUT2D eigenvalue weighted by molar-refractivity contribution is 7.17. The number of anilines is 1. The van der Waals surface area contributed by atoms with Crippen LogP contribution in [0.5, 0.6) is 0 Å². The van der Waals surface area contributed by atoms with Crippen LogP contribution in [-0.4, -0.2) is 54.5 Å². The second-order valence-corrected chi connectivity index (χ2v) is 9.31. The van der Waals surface area contributed by atoms with Gasteiger partial charge in [-0.1, -0.05) is 6.42 Å². The lowest BCUT2D eigenvalue weighted by atomic mass is 9.95. The topological polar surface area (TPSA) is 102 Å². The molecule has 1 saturated heterocycles. The Hall–Kier alpha value is -2.42. The van der Waals surface area contributed by atoms with Gasteiger partial charge in [-0.2, -0.15) is 0 Å². The maximum absolute atomic E-state index is 12.6. The smallest absolute Gasteiger partial charge is 0.341 e. The van der Waals surface area contributed by atoms with E-state index in [4.69, 9.17) is 9.47 Å². The zero-order valence-corrected chi connectivity index (χ0v) is 19.0. The summed E-state index contributed by atoms with van der Waals surface area (Å²) in [7, 11) is 0. The molecule has 3 rings (SSSR count). The summed E-state index contributed by atoms with van der Waals surface area (Å²) in [5, 5.41) is 3.17. The minimum atomic E-state index is -0.615. The molecule has 31 heavy (non-hydrogen) atoms. The Bertz CT molecular complexity index is 847. The summed E-state index contributed by atoms with van der Waals surface area (Å²) in [5.74, 6) is -1.64. The van der Waals surface area contributed by atoms with Crippen molar-refractivity contribution < 1.29 is 28.7 Å². The Balaban J connectivity index is 1.59. The number of likely N-dealkylation sites (tertiary alicyclic amines) is 1. The fraction of sp³-hybridized carbons (Fsp3) is 0.636. The van der Waals surface area contributed by atoms with Crippen molar-refractivity contribution in [1.29, 1.82) is 0 Å². The molecule has 2 heterocycles. The molecular weight excluding hydrogens is 420 g/mol. The molecule has 0 bridgehead atoms. The molecule has 1 fully saturated rings. The maximum Gasteiger partial charge on any atom is 0.341 e. The van der Waals surface area contributed by atoms with Crippen LogP contribution in [0.2, 0.25) is 0 Å². The molecule has 0 aromatic carbocycles. The van der Waals surface area contributed by atoms with E-state index in [1.54, 1.807) is 13.8 Å². The molecule has 2 aliphatic rings. The molecular formula is C22H30N2O6S. The van der Waals surface area contributed by atoms with Gasteiger partial charge in [-0.3, -0.25) is 14.4 Å². The van der Waals surface area contributed by atoms with Crippen molar-refractivity contribution >= 4 is 40.1 Å². The summed E-state index contributed by atoms with van der Waals surface area (Å²) in [5.41, 5.74) is 1.37.